The molecule has 56 heavy (non-hydrogen) atoms. The Morgan fingerprint density at radius 1 is 0.339 bits per heavy atom. The molecular weight excluding hydrogens is 677 g/mol. The van der Waals surface area contributed by atoms with Crippen LogP contribution >= 0.6 is 0 Å². The molecule has 0 saturated heterocycles. The summed E-state index contributed by atoms with van der Waals surface area (Å²) in [5, 5.41) is 0. The summed E-state index contributed by atoms with van der Waals surface area (Å²) in [5.41, 5.74) is 19.7. The largest absolute Gasteiger partial charge is 0.310 e. The van der Waals surface area contributed by atoms with E-state index in [-0.39, 0.29) is 10.8 Å². The molecule has 0 atom stereocenters. The van der Waals surface area contributed by atoms with Crippen LogP contribution in [0.15, 0.2) is 194 Å². The molecule has 2 nitrogen and oxygen atoms in total. The van der Waals surface area contributed by atoms with Crippen molar-refractivity contribution in [2.24, 2.45) is 0 Å². The van der Waals surface area contributed by atoms with E-state index in [1.807, 2.05) is 0 Å². The molecule has 0 bridgehead atoms. The first kappa shape index (κ1) is 33.9. The lowest BCUT2D eigenvalue weighted by atomic mass is 9.72. The summed E-state index contributed by atoms with van der Waals surface area (Å²) in [6, 6.07) is 71.1. The average molecular weight is 721 g/mol. The van der Waals surface area contributed by atoms with E-state index in [4.69, 9.17) is 0 Å². The molecule has 0 fully saturated rings. The molecule has 8 aromatic carbocycles. The number of para-hydroxylation sites is 2. The third kappa shape index (κ3) is 5.39. The minimum absolute atomic E-state index is 0.0842. The molecule has 2 aliphatic rings. The van der Waals surface area contributed by atoms with Crippen molar-refractivity contribution in [3.8, 4) is 33.4 Å². The Morgan fingerprint density at radius 2 is 0.857 bits per heavy atom. The second-order valence-corrected chi connectivity index (χ2v) is 16.2. The first-order valence-electron chi connectivity index (χ1n) is 19.7. The van der Waals surface area contributed by atoms with Gasteiger partial charge in [-0.05, 0) is 122 Å². The summed E-state index contributed by atoms with van der Waals surface area (Å²) >= 11 is 0. The molecule has 8 aromatic rings. The minimum atomic E-state index is -0.162. The van der Waals surface area contributed by atoms with E-state index >= 15 is 0 Å². The van der Waals surface area contributed by atoms with Gasteiger partial charge in [-0.2, -0.15) is 0 Å². The highest BCUT2D eigenvalue weighted by Gasteiger charge is 2.42. The highest BCUT2D eigenvalue weighted by Crippen LogP contribution is 2.57. The predicted octanol–water partition coefficient (Wildman–Crippen LogP) is 14.9. The lowest BCUT2D eigenvalue weighted by molar-refractivity contribution is 0.627. The molecule has 10 rings (SSSR count). The van der Waals surface area contributed by atoms with Crippen molar-refractivity contribution in [3.63, 3.8) is 0 Å². The van der Waals surface area contributed by atoms with Crippen molar-refractivity contribution in [1.82, 2.24) is 0 Å². The third-order valence-corrected chi connectivity index (χ3v) is 12.2. The fourth-order valence-electron chi connectivity index (χ4n) is 9.28. The first-order chi connectivity index (χ1) is 27.3. The monoisotopic (exact) mass is 720 g/mol. The number of hydrogen-bond donors (Lipinski definition) is 0. The second kappa shape index (κ2) is 13.0. The van der Waals surface area contributed by atoms with Gasteiger partial charge in [-0.25, -0.2) is 0 Å². The summed E-state index contributed by atoms with van der Waals surface area (Å²) in [4.78, 5) is 4.85. The molecule has 0 amide bonds. The van der Waals surface area contributed by atoms with E-state index in [1.165, 1.54) is 67.0 Å². The topological polar surface area (TPSA) is 6.48 Å². The van der Waals surface area contributed by atoms with Crippen LogP contribution in [0.3, 0.4) is 0 Å². The standard InChI is InChI=1S/C54H44N2/c1-53(2)47-26-12-11-25-45(47)46-35-50-52(36-49(46)53)56(51-28-14-13-27-48(51)54(50,3)4)42-31-29-38(30-32-42)40-20-16-24-44(34-40)55(41-21-9-6-10-22-41)43-23-15-19-39(33-43)37-17-7-5-8-18-37/h5-36H,1-4H3. The molecule has 1 aliphatic carbocycles. The summed E-state index contributed by atoms with van der Waals surface area (Å²) in [6.45, 7) is 9.51. The zero-order valence-electron chi connectivity index (χ0n) is 32.4. The van der Waals surface area contributed by atoms with Crippen LogP contribution in [-0.2, 0) is 10.8 Å². The number of anilines is 6. The average Bonchev–Trinajstić information content (AvgIpc) is 3.47. The Morgan fingerprint density at radius 3 is 1.54 bits per heavy atom. The van der Waals surface area contributed by atoms with Gasteiger partial charge < -0.3 is 9.80 Å². The second-order valence-electron chi connectivity index (χ2n) is 16.2. The van der Waals surface area contributed by atoms with Gasteiger partial charge in [0.05, 0.1) is 11.4 Å². The normalized spacial score (nSPS) is 14.3. The number of nitrogens with zero attached hydrogens (tertiary/aromatic N) is 2. The van der Waals surface area contributed by atoms with Gasteiger partial charge in [-0.3, -0.25) is 0 Å². The Bertz CT molecular complexity index is 2740. The molecular formula is C54H44N2. The SMILES string of the molecule is CC1(C)c2ccccc2-c2cc3c(cc21)N(c1ccc(-c2cccc(N(c4ccccc4)c4cccc(-c5ccccc5)c4)c2)cc1)c1ccccc1C3(C)C. The van der Waals surface area contributed by atoms with E-state index in [0.29, 0.717) is 0 Å². The van der Waals surface area contributed by atoms with Gasteiger partial charge in [-0.15, -0.1) is 0 Å². The minimum Gasteiger partial charge on any atom is -0.310 e. The Balaban J connectivity index is 1.05. The number of benzene rings is 8. The zero-order chi connectivity index (χ0) is 38.0. The molecule has 1 heterocycles. The first-order valence-corrected chi connectivity index (χ1v) is 19.7. The molecule has 0 unspecified atom stereocenters. The van der Waals surface area contributed by atoms with Crippen LogP contribution in [0.1, 0.15) is 49.9 Å². The predicted molar refractivity (Wildman–Crippen MR) is 236 cm³/mol. The fourth-order valence-corrected chi connectivity index (χ4v) is 9.28. The van der Waals surface area contributed by atoms with Crippen LogP contribution in [0.2, 0.25) is 0 Å². The van der Waals surface area contributed by atoms with Crippen molar-refractivity contribution < 1.29 is 0 Å². The van der Waals surface area contributed by atoms with Gasteiger partial charge in [-0.1, -0.05) is 155 Å². The lowest BCUT2D eigenvalue weighted by Crippen LogP contribution is -2.31. The maximum absolute atomic E-state index is 2.50. The van der Waals surface area contributed by atoms with E-state index < -0.39 is 0 Å². The quantitative estimate of drug-likeness (QED) is 0.169. The van der Waals surface area contributed by atoms with Crippen molar-refractivity contribution in [2.45, 2.75) is 38.5 Å². The maximum Gasteiger partial charge on any atom is 0.0506 e. The molecule has 0 radical (unpaired) electrons. The van der Waals surface area contributed by atoms with E-state index in [2.05, 4.69) is 232 Å². The van der Waals surface area contributed by atoms with E-state index in [9.17, 15) is 0 Å². The highest BCUT2D eigenvalue weighted by atomic mass is 15.2. The van der Waals surface area contributed by atoms with Crippen molar-refractivity contribution >= 4 is 34.1 Å². The van der Waals surface area contributed by atoms with Gasteiger partial charge in [0.25, 0.3) is 0 Å². The van der Waals surface area contributed by atoms with Crippen LogP contribution in [0.25, 0.3) is 33.4 Å². The van der Waals surface area contributed by atoms with Gasteiger partial charge in [0, 0.05) is 33.6 Å². The van der Waals surface area contributed by atoms with Gasteiger partial charge in [0.15, 0.2) is 0 Å². The number of hydrogen-bond acceptors (Lipinski definition) is 2. The molecule has 2 heteroatoms. The highest BCUT2D eigenvalue weighted by molar-refractivity contribution is 5.92. The van der Waals surface area contributed by atoms with Crippen LogP contribution in [-0.4, -0.2) is 0 Å². The van der Waals surface area contributed by atoms with Crippen molar-refractivity contribution in [2.75, 3.05) is 9.80 Å². The van der Waals surface area contributed by atoms with Gasteiger partial charge in [0.2, 0.25) is 0 Å². The maximum atomic E-state index is 2.50. The van der Waals surface area contributed by atoms with Crippen LogP contribution < -0.4 is 9.80 Å². The lowest BCUT2D eigenvalue weighted by Gasteiger charge is -2.43. The molecule has 0 aromatic heterocycles. The Labute approximate surface area is 331 Å². The molecule has 1 aliphatic heterocycles. The van der Waals surface area contributed by atoms with Gasteiger partial charge >= 0.3 is 0 Å². The number of fused-ring (bicyclic) bond motifs is 5. The molecule has 270 valence electrons. The van der Waals surface area contributed by atoms with E-state index in [0.717, 1.165) is 22.7 Å². The molecule has 0 N–H and O–H groups in total. The van der Waals surface area contributed by atoms with Crippen molar-refractivity contribution in [1.29, 1.82) is 0 Å². The Kier molecular flexibility index (Phi) is 7.87. The number of rotatable bonds is 6. The van der Waals surface area contributed by atoms with Crippen LogP contribution in [0.4, 0.5) is 34.1 Å². The smallest absolute Gasteiger partial charge is 0.0506 e. The summed E-state index contributed by atoms with van der Waals surface area (Å²) in [6.07, 6.45) is 0. The van der Waals surface area contributed by atoms with Crippen molar-refractivity contribution in [3.05, 3.63) is 216 Å². The summed E-state index contributed by atoms with van der Waals surface area (Å²) in [5.74, 6) is 0. The Hall–Kier alpha value is -6.64. The third-order valence-electron chi connectivity index (χ3n) is 12.2. The van der Waals surface area contributed by atoms with Gasteiger partial charge in [0.1, 0.15) is 0 Å². The van der Waals surface area contributed by atoms with Crippen LogP contribution in [0.5, 0.6) is 0 Å². The zero-order valence-corrected chi connectivity index (χ0v) is 32.4. The van der Waals surface area contributed by atoms with E-state index in [1.54, 1.807) is 0 Å². The summed E-state index contributed by atoms with van der Waals surface area (Å²) < 4.78 is 0. The summed E-state index contributed by atoms with van der Waals surface area (Å²) in [7, 11) is 0. The molecule has 0 saturated carbocycles. The van der Waals surface area contributed by atoms with Crippen LogP contribution in [0, 0.1) is 0 Å². The molecule has 0 spiro atoms. The fraction of sp³-hybridized carbons (Fsp3) is 0.111.